The molecule has 1 aromatic heterocycles. The number of pyridine rings is 1. The largest absolute Gasteiger partial charge is 0.351 e. The zero-order valence-electron chi connectivity index (χ0n) is 9.75. The van der Waals surface area contributed by atoms with Gasteiger partial charge in [-0.3, -0.25) is 0 Å². The van der Waals surface area contributed by atoms with Crippen LogP contribution in [0.4, 0.5) is 19.0 Å². The van der Waals surface area contributed by atoms with Gasteiger partial charge in [0.15, 0.2) is 17.5 Å². The number of piperazine rings is 1. The summed E-state index contributed by atoms with van der Waals surface area (Å²) in [6, 6.07) is 0.763. The molecule has 1 fully saturated rings. The topological polar surface area (TPSA) is 19.4 Å². The molecular weight excluding hydrogens is 231 g/mol. The van der Waals surface area contributed by atoms with Crippen molar-refractivity contribution < 1.29 is 13.2 Å². The van der Waals surface area contributed by atoms with Crippen LogP contribution in [-0.4, -0.2) is 42.6 Å². The maximum Gasteiger partial charge on any atom is 0.251 e. The predicted molar refractivity (Wildman–Crippen MR) is 58.4 cm³/mol. The van der Waals surface area contributed by atoms with E-state index in [-0.39, 0.29) is 11.9 Å². The summed E-state index contributed by atoms with van der Waals surface area (Å²) >= 11 is 0. The number of hydrogen-bond acceptors (Lipinski definition) is 3. The van der Waals surface area contributed by atoms with Crippen molar-refractivity contribution in [3.05, 3.63) is 23.6 Å². The first kappa shape index (κ1) is 12.2. The van der Waals surface area contributed by atoms with E-state index in [1.807, 2.05) is 14.0 Å². The molecule has 2 heterocycles. The van der Waals surface area contributed by atoms with E-state index < -0.39 is 17.6 Å². The van der Waals surface area contributed by atoms with E-state index in [0.29, 0.717) is 19.2 Å². The molecule has 0 aliphatic carbocycles. The van der Waals surface area contributed by atoms with Crippen LogP contribution in [0.1, 0.15) is 6.92 Å². The highest BCUT2D eigenvalue weighted by molar-refractivity contribution is 5.41. The fourth-order valence-corrected chi connectivity index (χ4v) is 1.90. The van der Waals surface area contributed by atoms with Gasteiger partial charge in [0.2, 0.25) is 0 Å². The lowest BCUT2D eigenvalue weighted by Gasteiger charge is -2.38. The zero-order valence-corrected chi connectivity index (χ0v) is 9.75. The molecule has 0 radical (unpaired) electrons. The summed E-state index contributed by atoms with van der Waals surface area (Å²) in [6.07, 6.45) is 0. The summed E-state index contributed by atoms with van der Waals surface area (Å²) < 4.78 is 39.3. The first-order chi connectivity index (χ1) is 7.99. The van der Waals surface area contributed by atoms with Crippen LogP contribution in [0, 0.1) is 17.6 Å². The molecule has 0 aromatic carbocycles. The molecule has 3 nitrogen and oxygen atoms in total. The van der Waals surface area contributed by atoms with E-state index in [9.17, 15) is 13.2 Å². The minimum Gasteiger partial charge on any atom is -0.351 e. The Balaban J connectivity index is 2.26. The molecule has 0 saturated carbocycles. The van der Waals surface area contributed by atoms with Gasteiger partial charge in [-0.2, -0.15) is 9.37 Å². The van der Waals surface area contributed by atoms with Gasteiger partial charge in [0.25, 0.3) is 5.95 Å². The number of hydrogen-bond donors (Lipinski definition) is 0. The van der Waals surface area contributed by atoms with Crippen LogP contribution in [0.5, 0.6) is 0 Å². The van der Waals surface area contributed by atoms with Crippen molar-refractivity contribution in [2.45, 2.75) is 13.0 Å². The standard InChI is InChI=1S/C11H14F3N3/c1-7-6-17(4-3-16(7)2)11-9(13)5-8(12)10(14)15-11/h5,7H,3-4,6H2,1-2H3. The third kappa shape index (κ3) is 2.36. The quantitative estimate of drug-likeness (QED) is 0.701. The van der Waals surface area contributed by atoms with E-state index in [2.05, 4.69) is 9.88 Å². The van der Waals surface area contributed by atoms with Crippen molar-refractivity contribution >= 4 is 5.82 Å². The normalized spacial score (nSPS) is 21.9. The Morgan fingerprint density at radius 1 is 1.24 bits per heavy atom. The van der Waals surface area contributed by atoms with Crippen molar-refractivity contribution in [1.82, 2.24) is 9.88 Å². The Kier molecular flexibility index (Phi) is 3.24. The van der Waals surface area contributed by atoms with Gasteiger partial charge in [0.05, 0.1) is 0 Å². The van der Waals surface area contributed by atoms with E-state index in [1.165, 1.54) is 0 Å². The Labute approximate surface area is 97.9 Å². The molecule has 1 aromatic rings. The van der Waals surface area contributed by atoms with Crippen LogP contribution < -0.4 is 4.90 Å². The lowest BCUT2D eigenvalue weighted by atomic mass is 10.2. The fourth-order valence-electron chi connectivity index (χ4n) is 1.90. The van der Waals surface area contributed by atoms with Gasteiger partial charge in [0, 0.05) is 31.7 Å². The van der Waals surface area contributed by atoms with Crippen molar-refractivity contribution in [2.24, 2.45) is 0 Å². The Morgan fingerprint density at radius 3 is 2.59 bits per heavy atom. The molecule has 1 aliphatic heterocycles. The van der Waals surface area contributed by atoms with Gasteiger partial charge in [-0.15, -0.1) is 0 Å². The van der Waals surface area contributed by atoms with E-state index >= 15 is 0 Å². The number of halogens is 3. The van der Waals surface area contributed by atoms with Crippen LogP contribution in [0.15, 0.2) is 6.07 Å². The molecule has 1 aliphatic rings. The summed E-state index contributed by atoms with van der Waals surface area (Å²) in [5.41, 5.74) is 0. The van der Waals surface area contributed by atoms with Gasteiger partial charge < -0.3 is 9.80 Å². The van der Waals surface area contributed by atoms with Crippen LogP contribution in [0.2, 0.25) is 0 Å². The first-order valence-electron chi connectivity index (χ1n) is 5.45. The van der Waals surface area contributed by atoms with Crippen molar-refractivity contribution in [3.8, 4) is 0 Å². The summed E-state index contributed by atoms with van der Waals surface area (Å²) in [5, 5.41) is 0. The highest BCUT2D eigenvalue weighted by Gasteiger charge is 2.25. The Morgan fingerprint density at radius 2 is 1.94 bits per heavy atom. The second-order valence-corrected chi connectivity index (χ2v) is 4.34. The molecule has 0 bridgehead atoms. The lowest BCUT2D eigenvalue weighted by molar-refractivity contribution is 0.232. The third-order valence-corrected chi connectivity index (χ3v) is 3.13. The highest BCUT2D eigenvalue weighted by Crippen LogP contribution is 2.21. The van der Waals surface area contributed by atoms with Crippen molar-refractivity contribution in [1.29, 1.82) is 0 Å². The molecule has 17 heavy (non-hydrogen) atoms. The van der Waals surface area contributed by atoms with Gasteiger partial charge in [-0.05, 0) is 14.0 Å². The summed E-state index contributed by atoms with van der Waals surface area (Å²) in [5.74, 6) is -3.44. The minimum absolute atomic E-state index is 0.108. The number of anilines is 1. The summed E-state index contributed by atoms with van der Waals surface area (Å²) in [4.78, 5) is 7.11. The number of aromatic nitrogens is 1. The van der Waals surface area contributed by atoms with E-state index in [4.69, 9.17) is 0 Å². The average Bonchev–Trinajstić information content (AvgIpc) is 2.27. The molecule has 0 N–H and O–H groups in total. The first-order valence-corrected chi connectivity index (χ1v) is 5.45. The SMILES string of the molecule is CC1CN(c2nc(F)c(F)cc2F)CCN1C. The van der Waals surface area contributed by atoms with Gasteiger partial charge in [0.1, 0.15) is 0 Å². The second kappa shape index (κ2) is 4.52. The lowest BCUT2D eigenvalue weighted by Crippen LogP contribution is -2.50. The average molecular weight is 245 g/mol. The Bertz CT molecular complexity index is 425. The van der Waals surface area contributed by atoms with Gasteiger partial charge in [-0.25, -0.2) is 8.78 Å². The Hall–Kier alpha value is -1.30. The molecule has 94 valence electrons. The van der Waals surface area contributed by atoms with Crippen LogP contribution >= 0.6 is 0 Å². The van der Waals surface area contributed by atoms with Crippen LogP contribution in [0.3, 0.4) is 0 Å². The highest BCUT2D eigenvalue weighted by atomic mass is 19.2. The number of rotatable bonds is 1. The summed E-state index contributed by atoms with van der Waals surface area (Å²) in [7, 11) is 1.97. The molecule has 1 atom stereocenters. The van der Waals surface area contributed by atoms with E-state index in [0.717, 1.165) is 6.54 Å². The fraction of sp³-hybridized carbons (Fsp3) is 0.545. The van der Waals surface area contributed by atoms with Crippen LogP contribution in [-0.2, 0) is 0 Å². The minimum atomic E-state index is -1.26. The molecule has 6 heteroatoms. The maximum absolute atomic E-state index is 13.5. The predicted octanol–water partition coefficient (Wildman–Crippen LogP) is 1.64. The van der Waals surface area contributed by atoms with E-state index in [1.54, 1.807) is 4.90 Å². The smallest absolute Gasteiger partial charge is 0.251 e. The van der Waals surface area contributed by atoms with Crippen LogP contribution in [0.25, 0.3) is 0 Å². The zero-order chi connectivity index (χ0) is 12.6. The number of nitrogens with zero attached hydrogens (tertiary/aromatic N) is 3. The molecule has 0 spiro atoms. The summed E-state index contributed by atoms with van der Waals surface area (Å²) in [6.45, 7) is 3.83. The molecule has 0 amide bonds. The second-order valence-electron chi connectivity index (χ2n) is 4.34. The third-order valence-electron chi connectivity index (χ3n) is 3.13. The van der Waals surface area contributed by atoms with Gasteiger partial charge >= 0.3 is 0 Å². The van der Waals surface area contributed by atoms with Crippen molar-refractivity contribution in [3.63, 3.8) is 0 Å². The maximum atomic E-state index is 13.5. The molecule has 1 unspecified atom stereocenters. The molecule has 2 rings (SSSR count). The van der Waals surface area contributed by atoms with Crippen molar-refractivity contribution in [2.75, 3.05) is 31.6 Å². The molecule has 1 saturated heterocycles. The number of likely N-dealkylation sites (N-methyl/N-ethyl adjacent to an activating group) is 1. The molecular formula is C11H14F3N3. The monoisotopic (exact) mass is 245 g/mol. The van der Waals surface area contributed by atoms with Gasteiger partial charge in [-0.1, -0.05) is 0 Å².